The van der Waals surface area contributed by atoms with Gasteiger partial charge in [0, 0.05) is 12.3 Å². The topological polar surface area (TPSA) is 155 Å². The van der Waals surface area contributed by atoms with Crippen LogP contribution in [0.2, 0.25) is 0 Å². The van der Waals surface area contributed by atoms with E-state index in [4.69, 9.17) is 0 Å². The van der Waals surface area contributed by atoms with E-state index in [-0.39, 0.29) is 119 Å². The Kier molecular flexibility index (Phi) is 23.1. The van der Waals surface area contributed by atoms with Crippen LogP contribution in [0.5, 0.6) is 0 Å². The van der Waals surface area contributed by atoms with E-state index < -0.39 is 26.7 Å². The number of allylic oxidation sites excluding steroid dienone is 2. The van der Waals surface area contributed by atoms with Crippen LogP contribution in [0.1, 0.15) is 91.9 Å². The number of carboxylic acids is 2. The van der Waals surface area contributed by atoms with E-state index in [0.717, 1.165) is 51.4 Å². The minimum absolute atomic E-state index is 0. The summed E-state index contributed by atoms with van der Waals surface area (Å²) in [7, 11) is -6.83. The Bertz CT molecular complexity index is 847. The molecule has 2 unspecified atom stereocenters. The zero-order chi connectivity index (χ0) is 28.9. The Morgan fingerprint density at radius 2 is 0.950 bits per heavy atom. The molecule has 12 heteroatoms. The zero-order valence-electron chi connectivity index (χ0n) is 25.6. The summed E-state index contributed by atoms with van der Waals surface area (Å²) in [5, 5.41) is 22.3. The summed E-state index contributed by atoms with van der Waals surface area (Å²) in [6.45, 7) is 7.41. The van der Waals surface area contributed by atoms with E-state index in [1.165, 1.54) is 12.8 Å². The molecule has 0 bridgehead atoms. The van der Waals surface area contributed by atoms with Gasteiger partial charge in [-0.25, -0.2) is 0 Å². The van der Waals surface area contributed by atoms with Crippen molar-refractivity contribution in [3.8, 4) is 0 Å². The van der Waals surface area contributed by atoms with Crippen molar-refractivity contribution in [1.82, 2.24) is 0 Å². The van der Waals surface area contributed by atoms with Crippen molar-refractivity contribution in [3.63, 3.8) is 0 Å². The fraction of sp³-hybridized carbons (Fsp3) is 0.786. The quantitative estimate of drug-likeness (QED) is 0.149. The van der Waals surface area contributed by atoms with Gasteiger partial charge >= 0.3 is 59.1 Å². The third-order valence-corrected chi connectivity index (χ3v) is 11.1. The van der Waals surface area contributed by atoms with Gasteiger partial charge in [-0.1, -0.05) is 78.4 Å². The molecule has 2 rings (SSSR count). The monoisotopic (exact) mass is 620 g/mol. The van der Waals surface area contributed by atoms with Gasteiger partial charge in [0.05, 0.1) is 24.3 Å². The number of carbonyl (C=O) groups excluding carboxylic acids is 2. The minimum Gasteiger partial charge on any atom is -0.545 e. The van der Waals surface area contributed by atoms with Crippen LogP contribution in [0.3, 0.4) is 0 Å². The number of hydrogen-bond acceptors (Lipinski definition) is 6. The first kappa shape index (κ1) is 42.9. The number of aliphatic carboxylic acids is 2. The maximum atomic E-state index is 12.0. The summed E-state index contributed by atoms with van der Waals surface area (Å²) < 4.78 is 24.0. The average molecular weight is 621 g/mol. The van der Waals surface area contributed by atoms with Gasteiger partial charge < -0.3 is 29.6 Å². The summed E-state index contributed by atoms with van der Waals surface area (Å²) in [6.07, 6.45) is 13.8. The van der Waals surface area contributed by atoms with Crippen LogP contribution in [0, 0.1) is 23.7 Å². The molecule has 0 aromatic carbocycles. The summed E-state index contributed by atoms with van der Waals surface area (Å²) >= 11 is 0. The molecule has 0 aliphatic heterocycles. The Hall–Kier alpha value is 0.800. The van der Waals surface area contributed by atoms with Crippen LogP contribution in [0.15, 0.2) is 23.3 Å². The molecule has 40 heavy (non-hydrogen) atoms. The molecule has 220 valence electrons. The summed E-state index contributed by atoms with van der Waals surface area (Å²) in [6, 6.07) is 0. The number of carbonyl (C=O) groups is 2. The summed E-state index contributed by atoms with van der Waals surface area (Å²) in [4.78, 5) is 42.0. The maximum absolute atomic E-state index is 12.0. The van der Waals surface area contributed by atoms with E-state index in [0.29, 0.717) is 0 Å². The van der Waals surface area contributed by atoms with Crippen LogP contribution in [0.25, 0.3) is 0 Å². The molecule has 2 saturated carbocycles. The Balaban J connectivity index is 0. The largest absolute Gasteiger partial charge is 1.00 e. The van der Waals surface area contributed by atoms with Crippen LogP contribution in [0.4, 0.5) is 0 Å². The van der Waals surface area contributed by atoms with Crippen LogP contribution >= 0.6 is 14.7 Å². The molecule has 2 aliphatic rings. The molecular weight excluding hydrogens is 572 g/mol. The van der Waals surface area contributed by atoms with Gasteiger partial charge in [-0.05, 0) is 60.5 Å². The maximum Gasteiger partial charge on any atom is 1.00 e. The predicted molar refractivity (Wildman–Crippen MR) is 148 cm³/mol. The van der Waals surface area contributed by atoms with Gasteiger partial charge in [0.2, 0.25) is 14.7 Å². The molecule has 2 N–H and O–H groups in total. The SMILES string of the molecule is CC(C)CP(=O)(O)C/C(=C\C1CCCCC1)C(=O)[O-].CC(C)CP(=O)(O)C/C(=C\C1CCCCC1)C(=O)[O-].[Na+].[Na+]. The number of carboxylic acid groups (broad SMARTS) is 2. The molecule has 0 saturated heterocycles. The number of rotatable bonds is 12. The van der Waals surface area contributed by atoms with E-state index in [9.17, 15) is 38.7 Å². The zero-order valence-corrected chi connectivity index (χ0v) is 31.4. The second-order valence-electron chi connectivity index (χ2n) is 11.9. The number of hydrogen-bond donors (Lipinski definition) is 2. The van der Waals surface area contributed by atoms with Crippen LogP contribution in [-0.2, 0) is 18.7 Å². The first-order chi connectivity index (χ1) is 17.6. The first-order valence-electron chi connectivity index (χ1n) is 14.1. The van der Waals surface area contributed by atoms with E-state index in [1.54, 1.807) is 12.2 Å². The summed E-state index contributed by atoms with van der Waals surface area (Å²) in [5.41, 5.74) is 0.0248. The van der Waals surface area contributed by atoms with Crippen molar-refractivity contribution in [3.05, 3.63) is 23.3 Å². The van der Waals surface area contributed by atoms with Crippen molar-refractivity contribution >= 4 is 26.7 Å². The third kappa shape index (κ3) is 19.9. The van der Waals surface area contributed by atoms with Crippen molar-refractivity contribution < 1.29 is 97.8 Å². The molecule has 2 aliphatic carbocycles. The van der Waals surface area contributed by atoms with Crippen molar-refractivity contribution in [2.45, 2.75) is 91.9 Å². The average Bonchev–Trinajstić information content (AvgIpc) is 2.78. The fourth-order valence-electron chi connectivity index (χ4n) is 5.34. The van der Waals surface area contributed by atoms with Gasteiger partial charge in [0.1, 0.15) is 0 Å². The van der Waals surface area contributed by atoms with Crippen LogP contribution < -0.4 is 69.3 Å². The molecule has 2 atom stereocenters. The first-order valence-corrected chi connectivity index (χ1v) is 18.1. The molecular formula is C28H48Na2O8P2. The normalized spacial score (nSPS) is 20.3. The molecule has 0 heterocycles. The second-order valence-corrected chi connectivity index (χ2v) is 16.7. The smallest absolute Gasteiger partial charge is 0.545 e. The van der Waals surface area contributed by atoms with E-state index in [1.807, 2.05) is 27.7 Å². The molecule has 8 nitrogen and oxygen atoms in total. The van der Waals surface area contributed by atoms with Gasteiger partial charge in [-0.3, -0.25) is 9.13 Å². The Morgan fingerprint density at radius 3 is 1.18 bits per heavy atom. The Labute approximate surface area is 285 Å². The minimum atomic E-state index is -3.42. The van der Waals surface area contributed by atoms with Crippen LogP contribution in [-0.4, -0.2) is 46.4 Å². The molecule has 2 fully saturated rings. The summed E-state index contributed by atoms with van der Waals surface area (Å²) in [5.74, 6) is -2.00. The van der Waals surface area contributed by atoms with Crippen molar-refractivity contribution in [1.29, 1.82) is 0 Å². The van der Waals surface area contributed by atoms with Gasteiger partial charge in [-0.15, -0.1) is 0 Å². The molecule has 0 amide bonds. The fourth-order valence-corrected chi connectivity index (χ4v) is 9.42. The molecule has 0 radical (unpaired) electrons. The third-order valence-electron chi connectivity index (χ3n) is 6.83. The van der Waals surface area contributed by atoms with E-state index >= 15 is 0 Å². The van der Waals surface area contributed by atoms with Crippen molar-refractivity contribution in [2.75, 3.05) is 24.6 Å². The molecule has 0 aromatic heterocycles. The standard InChI is InChI=1S/2C14H25O4P.2Na/c2*1-11(2)9-19(17,18)10-13(14(15)16)8-12-6-4-3-5-7-12;;/h2*8,11-12H,3-7,9-10H2,1-2H3,(H,15,16)(H,17,18);;/q;;2*+1/p-2/b2*13-8+;;. The van der Waals surface area contributed by atoms with Gasteiger partial charge in [0.15, 0.2) is 0 Å². The molecule has 0 spiro atoms. The molecule has 0 aromatic rings. The predicted octanol–water partition coefficient (Wildman–Crippen LogP) is -1.65. The van der Waals surface area contributed by atoms with Crippen molar-refractivity contribution in [2.24, 2.45) is 23.7 Å². The second kappa shape index (κ2) is 21.5. The van der Waals surface area contributed by atoms with Gasteiger partial charge in [-0.2, -0.15) is 0 Å². The van der Waals surface area contributed by atoms with E-state index in [2.05, 4.69) is 0 Å². The van der Waals surface area contributed by atoms with Gasteiger partial charge in [0.25, 0.3) is 0 Å². The Morgan fingerprint density at radius 1 is 0.675 bits per heavy atom.